The Morgan fingerprint density at radius 3 is 2.04 bits per heavy atom. The third kappa shape index (κ3) is 5.24. The van der Waals surface area contributed by atoms with Crippen LogP contribution >= 0.6 is 0 Å². The summed E-state index contributed by atoms with van der Waals surface area (Å²) in [6, 6.07) is 15.2. The molecule has 0 heterocycles. The van der Waals surface area contributed by atoms with Gasteiger partial charge in [-0.3, -0.25) is 4.79 Å². The Bertz CT molecular complexity index is 685. The van der Waals surface area contributed by atoms with Crippen LogP contribution in [0.2, 0.25) is 0 Å². The molecule has 0 bridgehead atoms. The standard InChI is InChI=1S/C21H27NO3/c1-21(2,3)17-8-6-16(7-9-17)20(23)22(4)14-15-25-19-12-10-18(24-5)11-13-19/h6-13H,14-15H2,1-5H3. The van der Waals surface area contributed by atoms with Crippen LogP contribution in [-0.4, -0.2) is 38.1 Å². The molecule has 0 unspecified atom stereocenters. The zero-order valence-electron chi connectivity index (χ0n) is 15.7. The van der Waals surface area contributed by atoms with Gasteiger partial charge in [-0.25, -0.2) is 0 Å². The summed E-state index contributed by atoms with van der Waals surface area (Å²) in [7, 11) is 3.42. The SMILES string of the molecule is COc1ccc(OCCN(C)C(=O)c2ccc(C(C)(C)C)cc2)cc1. The van der Waals surface area contributed by atoms with Crippen LogP contribution in [0.5, 0.6) is 11.5 Å². The number of hydrogen-bond acceptors (Lipinski definition) is 3. The maximum Gasteiger partial charge on any atom is 0.253 e. The molecule has 2 aromatic rings. The Hall–Kier alpha value is -2.49. The van der Waals surface area contributed by atoms with E-state index in [2.05, 4.69) is 20.8 Å². The van der Waals surface area contributed by atoms with Crippen molar-refractivity contribution in [1.29, 1.82) is 0 Å². The molecule has 0 spiro atoms. The maximum atomic E-state index is 12.5. The Morgan fingerprint density at radius 2 is 1.52 bits per heavy atom. The van der Waals surface area contributed by atoms with Crippen LogP contribution in [0.4, 0.5) is 0 Å². The summed E-state index contributed by atoms with van der Waals surface area (Å²) in [6.45, 7) is 7.44. The monoisotopic (exact) mass is 341 g/mol. The fourth-order valence-electron chi connectivity index (χ4n) is 2.41. The summed E-state index contributed by atoms with van der Waals surface area (Å²) in [4.78, 5) is 14.2. The second kappa shape index (κ2) is 8.06. The topological polar surface area (TPSA) is 38.8 Å². The van der Waals surface area contributed by atoms with Crippen molar-refractivity contribution >= 4 is 5.91 Å². The molecule has 1 amide bonds. The van der Waals surface area contributed by atoms with E-state index in [0.29, 0.717) is 18.7 Å². The van der Waals surface area contributed by atoms with Gasteiger partial charge in [0.25, 0.3) is 5.91 Å². The first-order valence-electron chi connectivity index (χ1n) is 8.44. The minimum Gasteiger partial charge on any atom is -0.497 e. The van der Waals surface area contributed by atoms with E-state index in [0.717, 1.165) is 11.5 Å². The van der Waals surface area contributed by atoms with Crippen molar-refractivity contribution in [1.82, 2.24) is 4.90 Å². The van der Waals surface area contributed by atoms with Crippen LogP contribution in [0.3, 0.4) is 0 Å². The molecule has 0 N–H and O–H groups in total. The van der Waals surface area contributed by atoms with E-state index >= 15 is 0 Å². The van der Waals surface area contributed by atoms with Crippen molar-refractivity contribution in [3.05, 3.63) is 59.7 Å². The largest absolute Gasteiger partial charge is 0.497 e. The van der Waals surface area contributed by atoms with Gasteiger partial charge in [0, 0.05) is 12.6 Å². The van der Waals surface area contributed by atoms with Gasteiger partial charge in [0.2, 0.25) is 0 Å². The van der Waals surface area contributed by atoms with Crippen LogP contribution in [0.1, 0.15) is 36.7 Å². The second-order valence-corrected chi connectivity index (χ2v) is 7.08. The third-order valence-electron chi connectivity index (χ3n) is 4.10. The molecular weight excluding hydrogens is 314 g/mol. The number of amides is 1. The number of hydrogen-bond donors (Lipinski definition) is 0. The van der Waals surface area contributed by atoms with Crippen molar-refractivity contribution in [2.75, 3.05) is 27.3 Å². The van der Waals surface area contributed by atoms with E-state index in [1.54, 1.807) is 19.1 Å². The highest BCUT2D eigenvalue weighted by Crippen LogP contribution is 2.22. The first kappa shape index (κ1) is 18.8. The van der Waals surface area contributed by atoms with Gasteiger partial charge in [0.1, 0.15) is 18.1 Å². The van der Waals surface area contributed by atoms with E-state index < -0.39 is 0 Å². The van der Waals surface area contributed by atoms with Gasteiger partial charge in [-0.2, -0.15) is 0 Å². The molecule has 0 aliphatic rings. The number of rotatable bonds is 6. The quantitative estimate of drug-likeness (QED) is 0.792. The van der Waals surface area contributed by atoms with Crippen molar-refractivity contribution in [2.45, 2.75) is 26.2 Å². The lowest BCUT2D eigenvalue weighted by Crippen LogP contribution is -2.30. The average Bonchev–Trinajstić information content (AvgIpc) is 2.61. The molecule has 25 heavy (non-hydrogen) atoms. The van der Waals surface area contributed by atoms with Crippen molar-refractivity contribution in [3.8, 4) is 11.5 Å². The molecule has 4 heteroatoms. The van der Waals surface area contributed by atoms with Crippen molar-refractivity contribution in [2.24, 2.45) is 0 Å². The molecule has 134 valence electrons. The fourth-order valence-corrected chi connectivity index (χ4v) is 2.41. The lowest BCUT2D eigenvalue weighted by Gasteiger charge is -2.21. The van der Waals surface area contributed by atoms with E-state index in [9.17, 15) is 4.79 Å². The van der Waals surface area contributed by atoms with Gasteiger partial charge in [0.15, 0.2) is 0 Å². The first-order valence-corrected chi connectivity index (χ1v) is 8.44. The van der Waals surface area contributed by atoms with Crippen LogP contribution in [0.25, 0.3) is 0 Å². The summed E-state index contributed by atoms with van der Waals surface area (Å²) in [5.74, 6) is 1.55. The van der Waals surface area contributed by atoms with Gasteiger partial charge in [-0.1, -0.05) is 32.9 Å². The van der Waals surface area contributed by atoms with E-state index in [1.165, 1.54) is 5.56 Å². The third-order valence-corrected chi connectivity index (χ3v) is 4.10. The smallest absolute Gasteiger partial charge is 0.253 e. The summed E-state index contributed by atoms with van der Waals surface area (Å²) >= 11 is 0. The second-order valence-electron chi connectivity index (χ2n) is 7.08. The van der Waals surface area contributed by atoms with Gasteiger partial charge in [-0.15, -0.1) is 0 Å². The molecule has 0 aliphatic carbocycles. The number of carbonyl (C=O) groups excluding carboxylic acids is 1. The van der Waals surface area contributed by atoms with Gasteiger partial charge in [-0.05, 0) is 47.4 Å². The predicted octanol–water partition coefficient (Wildman–Crippen LogP) is 4.14. The zero-order chi connectivity index (χ0) is 18.4. The molecule has 0 radical (unpaired) electrons. The molecule has 4 nitrogen and oxygen atoms in total. The minimum atomic E-state index is -0.00112. The Balaban J connectivity index is 1.87. The number of ether oxygens (including phenoxy) is 2. The van der Waals surface area contributed by atoms with Gasteiger partial charge in [0.05, 0.1) is 13.7 Å². The number of nitrogens with zero attached hydrogens (tertiary/aromatic N) is 1. The van der Waals surface area contributed by atoms with Gasteiger partial charge < -0.3 is 14.4 Å². The number of methoxy groups -OCH3 is 1. The molecule has 0 fully saturated rings. The minimum absolute atomic E-state index is 0.00112. The van der Waals surface area contributed by atoms with Crippen molar-refractivity contribution in [3.63, 3.8) is 0 Å². The Morgan fingerprint density at radius 1 is 0.960 bits per heavy atom. The molecule has 2 aromatic carbocycles. The summed E-state index contributed by atoms with van der Waals surface area (Å²) in [5, 5.41) is 0. The lowest BCUT2D eigenvalue weighted by molar-refractivity contribution is 0.0773. The Kier molecular flexibility index (Phi) is 6.07. The van der Waals surface area contributed by atoms with E-state index in [4.69, 9.17) is 9.47 Å². The average molecular weight is 341 g/mol. The van der Waals surface area contributed by atoms with Crippen LogP contribution in [0, 0.1) is 0 Å². The maximum absolute atomic E-state index is 12.5. The van der Waals surface area contributed by atoms with E-state index in [1.807, 2.05) is 48.5 Å². The molecule has 0 saturated heterocycles. The van der Waals surface area contributed by atoms with Crippen LogP contribution in [-0.2, 0) is 5.41 Å². The predicted molar refractivity (Wildman–Crippen MR) is 101 cm³/mol. The van der Waals surface area contributed by atoms with E-state index in [-0.39, 0.29) is 11.3 Å². The fraction of sp³-hybridized carbons (Fsp3) is 0.381. The number of carbonyl (C=O) groups is 1. The number of likely N-dealkylation sites (N-methyl/N-ethyl adjacent to an activating group) is 1. The highest BCUT2D eigenvalue weighted by molar-refractivity contribution is 5.94. The lowest BCUT2D eigenvalue weighted by atomic mass is 9.86. The summed E-state index contributed by atoms with van der Waals surface area (Å²) in [6.07, 6.45) is 0. The molecule has 2 rings (SSSR count). The van der Waals surface area contributed by atoms with Crippen LogP contribution in [0.15, 0.2) is 48.5 Å². The zero-order valence-corrected chi connectivity index (χ0v) is 15.7. The Labute approximate surface area is 150 Å². The first-order chi connectivity index (χ1) is 11.8. The summed E-state index contributed by atoms with van der Waals surface area (Å²) in [5.41, 5.74) is 1.99. The van der Waals surface area contributed by atoms with Crippen molar-refractivity contribution < 1.29 is 14.3 Å². The molecule has 0 aromatic heterocycles. The molecule has 0 aliphatic heterocycles. The highest BCUT2D eigenvalue weighted by Gasteiger charge is 2.16. The van der Waals surface area contributed by atoms with Crippen LogP contribution < -0.4 is 9.47 Å². The normalized spacial score (nSPS) is 11.1. The molecule has 0 atom stereocenters. The molecule has 0 saturated carbocycles. The number of benzene rings is 2. The summed E-state index contributed by atoms with van der Waals surface area (Å²) < 4.78 is 10.8. The molecular formula is C21H27NO3. The highest BCUT2D eigenvalue weighted by atomic mass is 16.5. The van der Waals surface area contributed by atoms with Gasteiger partial charge >= 0.3 is 0 Å².